The number of piperazine rings is 1. The fourth-order valence-electron chi connectivity index (χ4n) is 5.60. The molecule has 2 saturated heterocycles. The molecule has 2 heterocycles. The molecule has 1 amide bonds. The zero-order valence-corrected chi connectivity index (χ0v) is 25.6. The van der Waals surface area contributed by atoms with Crippen LogP contribution in [0.3, 0.4) is 0 Å². The van der Waals surface area contributed by atoms with Gasteiger partial charge in [0.05, 0.1) is 29.9 Å². The number of rotatable bonds is 7. The van der Waals surface area contributed by atoms with E-state index in [-0.39, 0.29) is 60.1 Å². The lowest BCUT2D eigenvalue weighted by Crippen LogP contribution is -2.57. The Balaban J connectivity index is 0.00000294. The highest BCUT2D eigenvalue weighted by molar-refractivity contribution is 6.32. The van der Waals surface area contributed by atoms with Gasteiger partial charge in [-0.05, 0) is 50.1 Å². The largest absolute Gasteiger partial charge is 0.506 e. The Morgan fingerprint density at radius 3 is 2.32 bits per heavy atom. The Hall–Kier alpha value is -1.95. The quantitative estimate of drug-likeness (QED) is 0.437. The van der Waals surface area contributed by atoms with E-state index in [2.05, 4.69) is 23.6 Å². The summed E-state index contributed by atoms with van der Waals surface area (Å²) in [5.41, 5.74) is -0.770. The zero-order valence-electron chi connectivity index (χ0n) is 23.2. The van der Waals surface area contributed by atoms with Crippen LogP contribution < -0.4 is 4.74 Å². The molecule has 2 aromatic rings. The van der Waals surface area contributed by atoms with Crippen LogP contribution in [0.25, 0.3) is 0 Å². The van der Waals surface area contributed by atoms with Crippen molar-refractivity contribution in [3.63, 3.8) is 0 Å². The summed E-state index contributed by atoms with van der Waals surface area (Å²) in [6.45, 7) is 8.67. The summed E-state index contributed by atoms with van der Waals surface area (Å²) in [6, 6.07) is 8.25. The van der Waals surface area contributed by atoms with Crippen molar-refractivity contribution >= 4 is 42.3 Å². The molecule has 0 unspecified atom stereocenters. The monoisotopic (exact) mass is 641 g/mol. The molecule has 4 rings (SSSR count). The second kappa shape index (κ2) is 15.0. The average molecular weight is 643 g/mol. The number of hydrogen-bond donors (Lipinski definition) is 1. The summed E-state index contributed by atoms with van der Waals surface area (Å²) in [5.74, 6) is -1.16. The third-order valence-corrected chi connectivity index (χ3v) is 7.62. The Morgan fingerprint density at radius 1 is 1.05 bits per heavy atom. The Kier molecular flexibility index (Phi) is 12.9. The van der Waals surface area contributed by atoms with Crippen molar-refractivity contribution < 1.29 is 32.5 Å². The molecule has 0 spiro atoms. The van der Waals surface area contributed by atoms with Crippen molar-refractivity contribution in [2.24, 2.45) is 0 Å². The van der Waals surface area contributed by atoms with Crippen LogP contribution in [0.1, 0.15) is 35.3 Å². The number of nitrogens with zero attached hydrogens (tertiary/aromatic N) is 3. The number of halogens is 6. The highest BCUT2D eigenvalue weighted by Gasteiger charge is 2.41. The normalized spacial score (nSPS) is 22.0. The number of ether oxygens (including phenoxy) is 2. The maximum absolute atomic E-state index is 14.0. The van der Waals surface area contributed by atoms with Gasteiger partial charge < -0.3 is 19.5 Å². The summed E-state index contributed by atoms with van der Waals surface area (Å²) in [5, 5.41) is 10.3. The fourth-order valence-corrected chi connectivity index (χ4v) is 5.72. The van der Waals surface area contributed by atoms with Gasteiger partial charge >= 0.3 is 6.18 Å². The highest BCUT2D eigenvalue weighted by Crippen LogP contribution is 2.39. The molecule has 0 radical (unpaired) electrons. The number of aromatic hydroxyl groups is 1. The maximum Gasteiger partial charge on any atom is 0.420 e. The molecule has 0 saturated carbocycles. The standard InChI is InChI=1S/C28H35ClF3N3O4.2ClH/c1-18-15-34(16-19(2)39-18)10-9-33-11-12-35(21(17-33)13-20-7-8-23(29)24(36)14-20)27(37)22-5-4-6-25(38-3)26(22)28(30,31)32;;/h4-8,14,18-19,21,36H,9-13,15-17H2,1-3H3;2*1H/t18-,19+,21-;;/m1../s1. The lowest BCUT2D eigenvalue weighted by Gasteiger charge is -2.43. The van der Waals surface area contributed by atoms with Crippen LogP contribution in [-0.2, 0) is 17.3 Å². The minimum absolute atomic E-state index is 0. The molecule has 230 valence electrons. The molecule has 41 heavy (non-hydrogen) atoms. The minimum atomic E-state index is -4.76. The first-order chi connectivity index (χ1) is 18.5. The van der Waals surface area contributed by atoms with E-state index < -0.39 is 29.3 Å². The van der Waals surface area contributed by atoms with Crippen LogP contribution in [0.15, 0.2) is 36.4 Å². The second-order valence-electron chi connectivity index (χ2n) is 10.3. The molecule has 2 aliphatic rings. The average Bonchev–Trinajstić information content (AvgIpc) is 2.88. The van der Waals surface area contributed by atoms with E-state index in [1.165, 1.54) is 29.2 Å². The molecular formula is C28H37Cl3F3N3O4. The van der Waals surface area contributed by atoms with Gasteiger partial charge in [-0.25, -0.2) is 0 Å². The van der Waals surface area contributed by atoms with Gasteiger partial charge in [0.2, 0.25) is 0 Å². The van der Waals surface area contributed by atoms with Crippen molar-refractivity contribution in [2.75, 3.05) is 52.9 Å². The smallest absolute Gasteiger partial charge is 0.420 e. The summed E-state index contributed by atoms with van der Waals surface area (Å²) < 4.78 is 52.9. The van der Waals surface area contributed by atoms with Gasteiger partial charge in [0.1, 0.15) is 17.1 Å². The van der Waals surface area contributed by atoms with Crippen LogP contribution >= 0.6 is 36.4 Å². The van der Waals surface area contributed by atoms with Crippen LogP contribution in [0.4, 0.5) is 13.2 Å². The van der Waals surface area contributed by atoms with Gasteiger partial charge in [-0.2, -0.15) is 13.2 Å². The molecule has 0 aliphatic carbocycles. The van der Waals surface area contributed by atoms with E-state index >= 15 is 0 Å². The van der Waals surface area contributed by atoms with E-state index in [4.69, 9.17) is 21.1 Å². The van der Waals surface area contributed by atoms with Crippen molar-refractivity contribution in [1.29, 1.82) is 0 Å². The topological polar surface area (TPSA) is 65.5 Å². The van der Waals surface area contributed by atoms with E-state index in [9.17, 15) is 23.1 Å². The highest BCUT2D eigenvalue weighted by atomic mass is 35.5. The molecule has 3 atom stereocenters. The predicted octanol–water partition coefficient (Wildman–Crippen LogP) is 5.39. The Morgan fingerprint density at radius 2 is 1.71 bits per heavy atom. The number of morpholine rings is 1. The first kappa shape index (κ1) is 35.2. The molecule has 1 N–H and O–H groups in total. The molecule has 13 heteroatoms. The number of benzene rings is 2. The third kappa shape index (κ3) is 8.78. The molecule has 0 aromatic heterocycles. The van der Waals surface area contributed by atoms with E-state index in [1.54, 1.807) is 12.1 Å². The lowest BCUT2D eigenvalue weighted by molar-refractivity contribution is -0.139. The van der Waals surface area contributed by atoms with Crippen molar-refractivity contribution in [2.45, 2.75) is 44.7 Å². The summed E-state index contributed by atoms with van der Waals surface area (Å²) in [7, 11) is 1.16. The molecule has 7 nitrogen and oxygen atoms in total. The summed E-state index contributed by atoms with van der Waals surface area (Å²) in [6.07, 6.45) is -4.11. The van der Waals surface area contributed by atoms with Crippen LogP contribution in [0.5, 0.6) is 11.5 Å². The van der Waals surface area contributed by atoms with Crippen LogP contribution in [0.2, 0.25) is 5.02 Å². The van der Waals surface area contributed by atoms with Gasteiger partial charge in [0.25, 0.3) is 5.91 Å². The number of alkyl halides is 3. The number of phenolic OH excluding ortho intramolecular Hbond substituents is 1. The van der Waals surface area contributed by atoms with Gasteiger partial charge in [-0.1, -0.05) is 23.7 Å². The molecule has 2 fully saturated rings. The lowest BCUT2D eigenvalue weighted by atomic mass is 9.98. The molecule has 2 aliphatic heterocycles. The zero-order chi connectivity index (χ0) is 28.3. The Labute approximate surface area is 256 Å². The van der Waals surface area contributed by atoms with Crippen LogP contribution in [0, 0.1) is 0 Å². The first-order valence-corrected chi connectivity index (χ1v) is 13.5. The number of phenols is 1. The number of carbonyl (C=O) groups excluding carboxylic acids is 1. The van der Waals surface area contributed by atoms with Gasteiger partial charge in [0, 0.05) is 51.9 Å². The third-order valence-electron chi connectivity index (χ3n) is 7.30. The Bertz CT molecular complexity index is 1160. The van der Waals surface area contributed by atoms with Gasteiger partial charge in [-0.15, -0.1) is 24.8 Å². The van der Waals surface area contributed by atoms with Crippen molar-refractivity contribution in [1.82, 2.24) is 14.7 Å². The molecule has 0 bridgehead atoms. The number of hydrogen-bond acceptors (Lipinski definition) is 6. The molecular weight excluding hydrogens is 606 g/mol. The van der Waals surface area contributed by atoms with E-state index in [0.717, 1.165) is 38.9 Å². The van der Waals surface area contributed by atoms with Crippen molar-refractivity contribution in [3.8, 4) is 11.5 Å². The van der Waals surface area contributed by atoms with Crippen LogP contribution in [-0.4, -0.2) is 96.9 Å². The summed E-state index contributed by atoms with van der Waals surface area (Å²) in [4.78, 5) is 19.8. The van der Waals surface area contributed by atoms with E-state index in [0.29, 0.717) is 19.5 Å². The van der Waals surface area contributed by atoms with Crippen molar-refractivity contribution in [3.05, 3.63) is 58.1 Å². The first-order valence-electron chi connectivity index (χ1n) is 13.1. The predicted molar refractivity (Wildman–Crippen MR) is 157 cm³/mol. The molecule has 2 aromatic carbocycles. The summed E-state index contributed by atoms with van der Waals surface area (Å²) >= 11 is 5.98. The fraction of sp³-hybridized carbons (Fsp3) is 0.536. The number of carbonyl (C=O) groups is 1. The number of amides is 1. The number of methoxy groups -OCH3 is 1. The van der Waals surface area contributed by atoms with Gasteiger partial charge in [0.15, 0.2) is 0 Å². The minimum Gasteiger partial charge on any atom is -0.506 e. The SMILES string of the molecule is COc1cccc(C(=O)N2CCN(CCN3C[C@@H](C)O[C@@H](C)C3)C[C@H]2Cc2ccc(Cl)c(O)c2)c1C(F)(F)F.Cl.Cl. The second-order valence-corrected chi connectivity index (χ2v) is 10.7. The van der Waals surface area contributed by atoms with Gasteiger partial charge in [-0.3, -0.25) is 14.6 Å². The van der Waals surface area contributed by atoms with E-state index in [1.807, 2.05) is 0 Å². The maximum atomic E-state index is 14.0.